The van der Waals surface area contributed by atoms with Crippen LogP contribution in [-0.4, -0.2) is 10.7 Å². The molecule has 1 rings (SSSR count). The van der Waals surface area contributed by atoms with Crippen LogP contribution in [0.1, 0.15) is 19.9 Å². The first-order valence-electron chi connectivity index (χ1n) is 4.02. The molecular weight excluding hydrogens is 181 g/mol. The lowest BCUT2D eigenvalue weighted by molar-refractivity contribution is -0.718. The quantitative estimate of drug-likeness (QED) is 0.634. The highest BCUT2D eigenvalue weighted by molar-refractivity contribution is 4.70. The van der Waals surface area contributed by atoms with E-state index in [0.29, 0.717) is 0 Å². The van der Waals surface area contributed by atoms with Crippen molar-refractivity contribution >= 4 is 0 Å². The van der Waals surface area contributed by atoms with Crippen LogP contribution in [0.2, 0.25) is 0 Å². The summed E-state index contributed by atoms with van der Waals surface area (Å²) in [5, 5.41) is 0. The first kappa shape index (κ1) is 10.1. The Balaban J connectivity index is 2.70. The zero-order chi connectivity index (χ0) is 10.1. The van der Waals surface area contributed by atoms with E-state index in [1.165, 1.54) is 12.5 Å². The average molecular weight is 193 g/mol. The molecule has 0 aromatic carbocycles. The summed E-state index contributed by atoms with van der Waals surface area (Å²) >= 11 is 0. The molecule has 0 aliphatic heterocycles. The van der Waals surface area contributed by atoms with Crippen LogP contribution in [0.5, 0.6) is 0 Å². The number of alkyl halides is 3. The Bertz CT molecular complexity index is 275. The maximum Gasteiger partial charge on any atom is 0.426 e. The summed E-state index contributed by atoms with van der Waals surface area (Å²) in [6.45, 7) is 2.91. The van der Waals surface area contributed by atoms with Gasteiger partial charge in [-0.3, -0.25) is 0 Å². The SMILES string of the molecule is CC(C)n1cc[n+](CC(F)(F)F)c1. The van der Waals surface area contributed by atoms with E-state index >= 15 is 0 Å². The predicted octanol–water partition coefficient (Wildman–Crippen LogP) is 1.92. The Morgan fingerprint density at radius 2 is 2.00 bits per heavy atom. The van der Waals surface area contributed by atoms with Gasteiger partial charge in [0.15, 0.2) is 6.54 Å². The van der Waals surface area contributed by atoms with Crippen molar-refractivity contribution in [2.24, 2.45) is 0 Å². The molecule has 0 spiro atoms. The van der Waals surface area contributed by atoms with Crippen LogP contribution in [0.15, 0.2) is 18.7 Å². The summed E-state index contributed by atoms with van der Waals surface area (Å²) in [5.74, 6) is 0. The monoisotopic (exact) mass is 193 g/mol. The number of aromatic nitrogens is 2. The normalized spacial score (nSPS) is 12.5. The second kappa shape index (κ2) is 3.40. The lowest BCUT2D eigenvalue weighted by Crippen LogP contribution is -2.39. The van der Waals surface area contributed by atoms with E-state index in [1.54, 1.807) is 10.8 Å². The first-order valence-corrected chi connectivity index (χ1v) is 4.02. The van der Waals surface area contributed by atoms with Crippen molar-refractivity contribution in [1.29, 1.82) is 0 Å². The lowest BCUT2D eigenvalue weighted by atomic mass is 10.4. The van der Waals surface area contributed by atoms with Crippen molar-refractivity contribution in [3.8, 4) is 0 Å². The third kappa shape index (κ3) is 3.08. The fourth-order valence-corrected chi connectivity index (χ4v) is 1.02. The maximum atomic E-state index is 11.9. The molecule has 0 amide bonds. The van der Waals surface area contributed by atoms with Gasteiger partial charge in [-0.1, -0.05) is 0 Å². The largest absolute Gasteiger partial charge is 0.426 e. The molecule has 0 fully saturated rings. The van der Waals surface area contributed by atoms with Gasteiger partial charge in [0.25, 0.3) is 0 Å². The standard InChI is InChI=1S/C8H12F3N2/c1-7(2)13-4-3-12(6-13)5-8(9,10)11/h3-4,6-7H,5H2,1-2H3/q+1. The second-order valence-electron chi connectivity index (χ2n) is 3.24. The van der Waals surface area contributed by atoms with E-state index in [4.69, 9.17) is 0 Å². The Morgan fingerprint density at radius 1 is 1.38 bits per heavy atom. The minimum atomic E-state index is -4.15. The van der Waals surface area contributed by atoms with Crippen molar-refractivity contribution in [1.82, 2.24) is 4.57 Å². The van der Waals surface area contributed by atoms with Crippen LogP contribution in [-0.2, 0) is 6.54 Å². The Morgan fingerprint density at radius 3 is 2.38 bits per heavy atom. The highest BCUT2D eigenvalue weighted by atomic mass is 19.4. The number of hydrogen-bond donors (Lipinski definition) is 0. The van der Waals surface area contributed by atoms with Gasteiger partial charge in [-0.2, -0.15) is 13.2 Å². The molecule has 74 valence electrons. The van der Waals surface area contributed by atoms with E-state index in [1.807, 2.05) is 13.8 Å². The van der Waals surface area contributed by atoms with Gasteiger partial charge < -0.3 is 0 Å². The number of hydrogen-bond acceptors (Lipinski definition) is 0. The predicted molar refractivity (Wildman–Crippen MR) is 41.1 cm³/mol. The first-order chi connectivity index (χ1) is 5.88. The maximum absolute atomic E-state index is 11.9. The summed E-state index contributed by atoms with van der Waals surface area (Å²) < 4.78 is 38.6. The third-order valence-electron chi connectivity index (χ3n) is 1.67. The number of halogens is 3. The van der Waals surface area contributed by atoms with Crippen LogP contribution >= 0.6 is 0 Å². The molecule has 1 aromatic heterocycles. The van der Waals surface area contributed by atoms with Gasteiger partial charge in [0.2, 0.25) is 6.33 Å². The number of imidazole rings is 1. The fraction of sp³-hybridized carbons (Fsp3) is 0.625. The molecule has 0 saturated carbocycles. The van der Waals surface area contributed by atoms with Gasteiger partial charge in [0, 0.05) is 0 Å². The topological polar surface area (TPSA) is 8.81 Å². The molecule has 0 saturated heterocycles. The van der Waals surface area contributed by atoms with E-state index < -0.39 is 12.7 Å². The molecule has 5 heteroatoms. The number of nitrogens with zero attached hydrogens (tertiary/aromatic N) is 2. The van der Waals surface area contributed by atoms with Gasteiger partial charge >= 0.3 is 6.18 Å². The molecule has 0 unspecified atom stereocenters. The Labute approximate surface area is 74.6 Å². The molecule has 0 bridgehead atoms. The molecule has 0 N–H and O–H groups in total. The van der Waals surface area contributed by atoms with Crippen molar-refractivity contribution in [2.75, 3.05) is 0 Å². The van der Waals surface area contributed by atoms with Crippen LogP contribution in [0.4, 0.5) is 13.2 Å². The van der Waals surface area contributed by atoms with Gasteiger partial charge in [0.05, 0.1) is 6.04 Å². The molecule has 0 radical (unpaired) electrons. The van der Waals surface area contributed by atoms with E-state index in [2.05, 4.69) is 0 Å². The molecule has 1 aromatic rings. The fourth-order valence-electron chi connectivity index (χ4n) is 1.02. The Hall–Kier alpha value is -1.00. The molecule has 0 aliphatic rings. The minimum Gasteiger partial charge on any atom is -0.235 e. The van der Waals surface area contributed by atoms with Crippen LogP contribution < -0.4 is 4.57 Å². The summed E-state index contributed by atoms with van der Waals surface area (Å²) in [5.41, 5.74) is 0. The van der Waals surface area contributed by atoms with Crippen LogP contribution in [0.3, 0.4) is 0 Å². The highest BCUT2D eigenvalue weighted by Gasteiger charge is 2.31. The molecule has 13 heavy (non-hydrogen) atoms. The smallest absolute Gasteiger partial charge is 0.235 e. The number of rotatable bonds is 2. The van der Waals surface area contributed by atoms with E-state index in [0.717, 1.165) is 4.57 Å². The van der Waals surface area contributed by atoms with Crippen LogP contribution in [0, 0.1) is 0 Å². The third-order valence-corrected chi connectivity index (χ3v) is 1.67. The van der Waals surface area contributed by atoms with Crippen LogP contribution in [0.25, 0.3) is 0 Å². The summed E-state index contributed by atoms with van der Waals surface area (Å²) in [4.78, 5) is 0. The van der Waals surface area contributed by atoms with Gasteiger partial charge in [0.1, 0.15) is 12.4 Å². The highest BCUT2D eigenvalue weighted by Crippen LogP contribution is 2.14. The summed E-state index contributed by atoms with van der Waals surface area (Å²) in [6.07, 6.45) is 0.371. The molecule has 0 atom stereocenters. The zero-order valence-corrected chi connectivity index (χ0v) is 7.54. The molecule has 0 aliphatic carbocycles. The van der Waals surface area contributed by atoms with E-state index in [9.17, 15) is 13.2 Å². The van der Waals surface area contributed by atoms with Crippen molar-refractivity contribution in [3.63, 3.8) is 0 Å². The minimum absolute atomic E-state index is 0.189. The van der Waals surface area contributed by atoms with Gasteiger partial charge in [-0.15, -0.1) is 0 Å². The molecule has 1 heterocycles. The molecular formula is C8H12F3N2+. The van der Waals surface area contributed by atoms with Crippen molar-refractivity contribution < 1.29 is 17.7 Å². The lowest BCUT2D eigenvalue weighted by Gasteiger charge is -2.01. The van der Waals surface area contributed by atoms with Crippen molar-refractivity contribution in [3.05, 3.63) is 18.7 Å². The summed E-state index contributed by atoms with van der Waals surface area (Å²) in [6, 6.07) is 0.189. The average Bonchev–Trinajstić information content (AvgIpc) is 2.31. The van der Waals surface area contributed by atoms with Gasteiger partial charge in [-0.25, -0.2) is 9.13 Å². The zero-order valence-electron chi connectivity index (χ0n) is 7.54. The second-order valence-corrected chi connectivity index (χ2v) is 3.24. The van der Waals surface area contributed by atoms with Crippen molar-refractivity contribution in [2.45, 2.75) is 32.6 Å². The van der Waals surface area contributed by atoms with E-state index in [-0.39, 0.29) is 6.04 Å². The Kier molecular flexibility index (Phi) is 2.63. The van der Waals surface area contributed by atoms with Gasteiger partial charge in [-0.05, 0) is 13.8 Å². The molecule has 2 nitrogen and oxygen atoms in total. The summed E-state index contributed by atoms with van der Waals surface area (Å²) in [7, 11) is 0.